The molecule has 5 nitrogen and oxygen atoms in total. The molecular formula is C15H19N5. The summed E-state index contributed by atoms with van der Waals surface area (Å²) in [6.07, 6.45) is 8.73. The number of rotatable bonds is 3. The van der Waals surface area contributed by atoms with Gasteiger partial charge in [0.1, 0.15) is 18.0 Å². The summed E-state index contributed by atoms with van der Waals surface area (Å²) >= 11 is 0. The summed E-state index contributed by atoms with van der Waals surface area (Å²) in [5.41, 5.74) is 0. The highest BCUT2D eigenvalue weighted by Crippen LogP contribution is 2.38. The van der Waals surface area contributed by atoms with Gasteiger partial charge in [0.2, 0.25) is 0 Å². The Hall–Kier alpha value is -1.91. The molecule has 1 aliphatic carbocycles. The molecule has 104 valence electrons. The third-order valence-electron chi connectivity index (χ3n) is 4.30. The van der Waals surface area contributed by atoms with Crippen LogP contribution in [0.3, 0.4) is 0 Å². The lowest BCUT2D eigenvalue weighted by atomic mass is 9.97. The molecule has 0 spiro atoms. The van der Waals surface area contributed by atoms with Gasteiger partial charge in [-0.15, -0.1) is 10.2 Å². The number of hydrogen-bond donors (Lipinski definition) is 0. The fraction of sp³-hybridized carbons (Fsp3) is 0.533. The van der Waals surface area contributed by atoms with Crippen LogP contribution in [-0.4, -0.2) is 32.8 Å². The van der Waals surface area contributed by atoms with E-state index in [-0.39, 0.29) is 0 Å². The Labute approximate surface area is 118 Å². The number of anilines is 1. The minimum Gasteiger partial charge on any atom is -0.356 e. The molecule has 20 heavy (non-hydrogen) atoms. The number of nitrogens with zero attached hydrogens (tertiary/aromatic N) is 5. The van der Waals surface area contributed by atoms with Gasteiger partial charge in [-0.2, -0.15) is 0 Å². The van der Waals surface area contributed by atoms with Crippen LogP contribution in [-0.2, 0) is 0 Å². The van der Waals surface area contributed by atoms with Crippen LogP contribution in [0.15, 0.2) is 30.7 Å². The third kappa shape index (κ3) is 2.17. The lowest BCUT2D eigenvalue weighted by Gasteiger charge is -2.33. The van der Waals surface area contributed by atoms with Crippen molar-refractivity contribution in [2.75, 3.05) is 18.0 Å². The summed E-state index contributed by atoms with van der Waals surface area (Å²) in [6, 6.07) is 6.77. The summed E-state index contributed by atoms with van der Waals surface area (Å²) in [4.78, 5) is 6.85. The van der Waals surface area contributed by atoms with E-state index in [1.165, 1.54) is 31.5 Å². The van der Waals surface area contributed by atoms with Gasteiger partial charge in [-0.3, -0.25) is 0 Å². The quantitative estimate of drug-likeness (QED) is 0.858. The van der Waals surface area contributed by atoms with Crippen LogP contribution in [0.25, 0.3) is 0 Å². The molecule has 2 fully saturated rings. The van der Waals surface area contributed by atoms with E-state index in [1.54, 1.807) is 0 Å². The lowest BCUT2D eigenvalue weighted by Crippen LogP contribution is -2.35. The molecule has 1 saturated heterocycles. The Morgan fingerprint density at radius 3 is 2.90 bits per heavy atom. The summed E-state index contributed by atoms with van der Waals surface area (Å²) < 4.78 is 2.30. The van der Waals surface area contributed by atoms with E-state index >= 15 is 0 Å². The van der Waals surface area contributed by atoms with E-state index in [4.69, 9.17) is 0 Å². The third-order valence-corrected chi connectivity index (χ3v) is 4.30. The standard InChI is InChI=1S/C15H19N5/c1-2-8-16-14(5-1)19-9-3-4-12(10-19)15-18-17-11-20(15)13-6-7-13/h1-2,5,8,11-13H,3-4,6-7,9-10H2/t12-/m1/s1. The molecule has 1 atom stereocenters. The van der Waals surface area contributed by atoms with Gasteiger partial charge in [0.05, 0.1) is 0 Å². The van der Waals surface area contributed by atoms with Crippen molar-refractivity contribution < 1.29 is 0 Å². The first kappa shape index (κ1) is 11.9. The van der Waals surface area contributed by atoms with Gasteiger partial charge in [-0.05, 0) is 37.8 Å². The minimum absolute atomic E-state index is 0.480. The van der Waals surface area contributed by atoms with Gasteiger partial charge >= 0.3 is 0 Å². The topological polar surface area (TPSA) is 46.8 Å². The normalized spacial score (nSPS) is 23.0. The van der Waals surface area contributed by atoms with Crippen LogP contribution < -0.4 is 4.90 Å². The lowest BCUT2D eigenvalue weighted by molar-refractivity contribution is 0.469. The monoisotopic (exact) mass is 269 g/mol. The van der Waals surface area contributed by atoms with Crippen molar-refractivity contribution in [2.24, 2.45) is 0 Å². The van der Waals surface area contributed by atoms with Crippen LogP contribution in [0, 0.1) is 0 Å². The Kier molecular flexibility index (Phi) is 2.90. The molecule has 1 saturated carbocycles. The average molecular weight is 269 g/mol. The Bertz CT molecular complexity index is 575. The van der Waals surface area contributed by atoms with E-state index in [9.17, 15) is 0 Å². The molecule has 2 aliphatic rings. The van der Waals surface area contributed by atoms with Crippen LogP contribution >= 0.6 is 0 Å². The molecule has 0 radical (unpaired) electrons. The first-order chi connectivity index (χ1) is 9.92. The fourth-order valence-electron chi connectivity index (χ4n) is 3.11. The fourth-order valence-corrected chi connectivity index (χ4v) is 3.11. The molecule has 0 N–H and O–H groups in total. The van der Waals surface area contributed by atoms with E-state index in [0.29, 0.717) is 12.0 Å². The zero-order valence-corrected chi connectivity index (χ0v) is 11.5. The van der Waals surface area contributed by atoms with Gasteiger partial charge in [0.25, 0.3) is 0 Å². The SMILES string of the molecule is c1ccc(N2CCC[C@@H](c3nncn3C3CC3)C2)nc1. The van der Waals surface area contributed by atoms with Gasteiger partial charge in [-0.1, -0.05) is 6.07 Å². The van der Waals surface area contributed by atoms with Gasteiger partial charge in [-0.25, -0.2) is 4.98 Å². The molecule has 0 unspecified atom stereocenters. The molecule has 0 bridgehead atoms. The van der Waals surface area contributed by atoms with E-state index in [2.05, 4.69) is 36.8 Å². The first-order valence-corrected chi connectivity index (χ1v) is 7.47. The molecule has 5 heteroatoms. The first-order valence-electron chi connectivity index (χ1n) is 7.47. The largest absolute Gasteiger partial charge is 0.356 e. The predicted molar refractivity (Wildman–Crippen MR) is 76.7 cm³/mol. The summed E-state index contributed by atoms with van der Waals surface area (Å²) in [6.45, 7) is 2.09. The van der Waals surface area contributed by atoms with Crippen molar-refractivity contribution in [3.8, 4) is 0 Å². The van der Waals surface area contributed by atoms with Gasteiger partial charge in [0.15, 0.2) is 0 Å². The highest BCUT2D eigenvalue weighted by atomic mass is 15.3. The zero-order chi connectivity index (χ0) is 13.4. The zero-order valence-electron chi connectivity index (χ0n) is 11.5. The second kappa shape index (κ2) is 4.89. The van der Waals surface area contributed by atoms with Crippen LogP contribution in [0.4, 0.5) is 5.82 Å². The molecule has 3 heterocycles. The van der Waals surface area contributed by atoms with E-state index in [1.807, 2.05) is 18.6 Å². The summed E-state index contributed by atoms with van der Waals surface area (Å²) in [5.74, 6) is 2.73. The molecule has 2 aromatic rings. The molecule has 1 aliphatic heterocycles. The minimum atomic E-state index is 0.480. The summed E-state index contributed by atoms with van der Waals surface area (Å²) in [5, 5.41) is 8.53. The second-order valence-electron chi connectivity index (χ2n) is 5.80. The van der Waals surface area contributed by atoms with E-state index in [0.717, 1.165) is 18.9 Å². The Morgan fingerprint density at radius 2 is 2.10 bits per heavy atom. The van der Waals surface area contributed by atoms with Crippen molar-refractivity contribution in [3.05, 3.63) is 36.5 Å². The molecular weight excluding hydrogens is 250 g/mol. The van der Waals surface area contributed by atoms with Crippen molar-refractivity contribution in [3.63, 3.8) is 0 Å². The maximum Gasteiger partial charge on any atom is 0.137 e. The number of hydrogen-bond acceptors (Lipinski definition) is 4. The maximum atomic E-state index is 4.47. The number of piperidine rings is 1. The molecule has 0 aromatic carbocycles. The number of pyridine rings is 1. The maximum absolute atomic E-state index is 4.47. The van der Waals surface area contributed by atoms with Crippen molar-refractivity contribution in [2.45, 2.75) is 37.6 Å². The second-order valence-corrected chi connectivity index (χ2v) is 5.80. The summed E-state index contributed by atoms with van der Waals surface area (Å²) in [7, 11) is 0. The Morgan fingerprint density at radius 1 is 1.15 bits per heavy atom. The van der Waals surface area contributed by atoms with Gasteiger partial charge < -0.3 is 9.47 Å². The van der Waals surface area contributed by atoms with Gasteiger partial charge in [0, 0.05) is 31.2 Å². The Balaban J connectivity index is 1.56. The predicted octanol–water partition coefficient (Wildman–Crippen LogP) is 2.39. The highest BCUT2D eigenvalue weighted by molar-refractivity contribution is 5.39. The van der Waals surface area contributed by atoms with Crippen molar-refractivity contribution in [1.82, 2.24) is 19.7 Å². The van der Waals surface area contributed by atoms with E-state index < -0.39 is 0 Å². The van der Waals surface area contributed by atoms with Crippen LogP contribution in [0.5, 0.6) is 0 Å². The molecule has 4 rings (SSSR count). The number of aromatic nitrogens is 4. The average Bonchev–Trinajstić information content (AvgIpc) is 3.25. The van der Waals surface area contributed by atoms with Crippen molar-refractivity contribution in [1.29, 1.82) is 0 Å². The smallest absolute Gasteiger partial charge is 0.137 e. The van der Waals surface area contributed by atoms with Crippen molar-refractivity contribution >= 4 is 5.82 Å². The molecule has 0 amide bonds. The highest BCUT2D eigenvalue weighted by Gasteiger charge is 2.31. The van der Waals surface area contributed by atoms with Crippen LogP contribution in [0.1, 0.15) is 43.5 Å². The van der Waals surface area contributed by atoms with Crippen LogP contribution in [0.2, 0.25) is 0 Å². The molecule has 2 aromatic heterocycles.